The first-order chi connectivity index (χ1) is 12.0. The van der Waals surface area contributed by atoms with E-state index in [4.69, 9.17) is 16.3 Å². The highest BCUT2D eigenvalue weighted by Gasteiger charge is 2.28. The van der Waals surface area contributed by atoms with Gasteiger partial charge in [0.1, 0.15) is 18.4 Å². The van der Waals surface area contributed by atoms with Crippen molar-refractivity contribution in [3.8, 4) is 5.75 Å². The zero-order valence-electron chi connectivity index (χ0n) is 14.1. The first-order valence-corrected chi connectivity index (χ1v) is 8.45. The molecule has 5 nitrogen and oxygen atoms in total. The van der Waals surface area contributed by atoms with Gasteiger partial charge in [-0.1, -0.05) is 23.7 Å². The van der Waals surface area contributed by atoms with E-state index in [9.17, 15) is 9.59 Å². The van der Waals surface area contributed by atoms with Crippen molar-refractivity contribution in [1.29, 1.82) is 0 Å². The number of nitrogens with zero attached hydrogens (tertiary/aromatic N) is 1. The topological polar surface area (TPSA) is 58.6 Å². The third-order valence-electron chi connectivity index (χ3n) is 4.24. The Balaban J connectivity index is 1.85. The van der Waals surface area contributed by atoms with Gasteiger partial charge in [0.25, 0.3) is 0 Å². The van der Waals surface area contributed by atoms with Crippen molar-refractivity contribution in [3.63, 3.8) is 0 Å². The molecule has 130 valence electrons. The van der Waals surface area contributed by atoms with Gasteiger partial charge in [0.2, 0.25) is 5.91 Å². The number of carbonyl (C=O) groups is 2. The molecule has 0 radical (unpaired) electrons. The number of hydrogen-bond acceptors (Lipinski definition) is 4. The number of anilines is 2. The van der Waals surface area contributed by atoms with Crippen LogP contribution in [0, 0.1) is 0 Å². The fraction of sp³-hybridized carbons (Fsp3) is 0.263. The normalized spacial score (nSPS) is 14.3. The number of carbonyl (C=O) groups excluding carboxylic acids is 2. The molecule has 25 heavy (non-hydrogen) atoms. The minimum atomic E-state index is -0.443. The molecule has 0 fully saturated rings. The van der Waals surface area contributed by atoms with E-state index in [0.29, 0.717) is 35.2 Å². The Morgan fingerprint density at radius 1 is 1.24 bits per heavy atom. The first-order valence-electron chi connectivity index (χ1n) is 8.07. The standard InChI is InChI=1S/C19H19ClN2O3/c1-12(19(24)21-16-6-4-3-5-15(16)20)22-9-10-25-18-8-7-14(13(2)23)11-17(18)22/h3-8,11-12H,9-10H2,1-2H3,(H,21,24). The lowest BCUT2D eigenvalue weighted by atomic mass is 10.1. The van der Waals surface area contributed by atoms with Gasteiger partial charge >= 0.3 is 0 Å². The summed E-state index contributed by atoms with van der Waals surface area (Å²) in [6, 6.07) is 11.9. The van der Waals surface area contributed by atoms with Gasteiger partial charge in [-0.2, -0.15) is 0 Å². The average Bonchev–Trinajstić information content (AvgIpc) is 2.62. The van der Waals surface area contributed by atoms with Gasteiger partial charge in [0.05, 0.1) is 22.9 Å². The fourth-order valence-electron chi connectivity index (χ4n) is 2.80. The lowest BCUT2D eigenvalue weighted by molar-refractivity contribution is -0.117. The predicted octanol–water partition coefficient (Wildman–Crippen LogP) is 3.77. The number of ether oxygens (including phenoxy) is 1. The van der Waals surface area contributed by atoms with E-state index in [2.05, 4.69) is 5.32 Å². The molecule has 2 aromatic rings. The Hall–Kier alpha value is -2.53. The SMILES string of the molecule is CC(=O)c1ccc2c(c1)N(C(C)C(=O)Nc1ccccc1Cl)CCO2. The van der Waals surface area contributed by atoms with E-state index in [1.807, 2.05) is 24.0 Å². The van der Waals surface area contributed by atoms with E-state index < -0.39 is 6.04 Å². The zero-order chi connectivity index (χ0) is 18.0. The molecular weight excluding hydrogens is 340 g/mol. The highest BCUT2D eigenvalue weighted by Crippen LogP contribution is 2.34. The van der Waals surface area contributed by atoms with Crippen LogP contribution in [0.3, 0.4) is 0 Å². The molecule has 1 unspecified atom stereocenters. The molecule has 0 saturated carbocycles. The molecule has 1 N–H and O–H groups in total. The van der Waals surface area contributed by atoms with Crippen molar-refractivity contribution in [2.24, 2.45) is 0 Å². The van der Waals surface area contributed by atoms with Gasteiger partial charge in [0.15, 0.2) is 5.78 Å². The molecule has 1 aliphatic rings. The third kappa shape index (κ3) is 3.61. The van der Waals surface area contributed by atoms with E-state index in [-0.39, 0.29) is 11.7 Å². The number of halogens is 1. The highest BCUT2D eigenvalue weighted by atomic mass is 35.5. The van der Waals surface area contributed by atoms with Gasteiger partial charge in [0, 0.05) is 5.56 Å². The van der Waals surface area contributed by atoms with Crippen molar-refractivity contribution in [3.05, 3.63) is 53.1 Å². The summed E-state index contributed by atoms with van der Waals surface area (Å²) in [5.74, 6) is 0.476. The van der Waals surface area contributed by atoms with E-state index in [1.165, 1.54) is 6.92 Å². The fourth-order valence-corrected chi connectivity index (χ4v) is 2.98. The predicted molar refractivity (Wildman–Crippen MR) is 98.8 cm³/mol. The maximum atomic E-state index is 12.7. The van der Waals surface area contributed by atoms with E-state index in [1.54, 1.807) is 30.3 Å². The van der Waals surface area contributed by atoms with Crippen molar-refractivity contribution in [2.75, 3.05) is 23.4 Å². The second-order valence-electron chi connectivity index (χ2n) is 5.93. The molecule has 0 aromatic heterocycles. The Morgan fingerprint density at radius 3 is 2.72 bits per heavy atom. The van der Waals surface area contributed by atoms with Gasteiger partial charge in [-0.15, -0.1) is 0 Å². The van der Waals surface area contributed by atoms with E-state index in [0.717, 1.165) is 5.69 Å². The lowest BCUT2D eigenvalue weighted by Gasteiger charge is -2.35. The van der Waals surface area contributed by atoms with Crippen molar-refractivity contribution in [2.45, 2.75) is 19.9 Å². The average molecular weight is 359 g/mol. The highest BCUT2D eigenvalue weighted by molar-refractivity contribution is 6.33. The monoisotopic (exact) mass is 358 g/mol. The summed E-state index contributed by atoms with van der Waals surface area (Å²) in [5.41, 5.74) is 1.92. The molecule has 1 aliphatic heterocycles. The van der Waals surface area contributed by atoms with Crippen LogP contribution in [0.15, 0.2) is 42.5 Å². The zero-order valence-corrected chi connectivity index (χ0v) is 14.8. The van der Waals surface area contributed by atoms with Crippen LogP contribution in [-0.2, 0) is 4.79 Å². The van der Waals surface area contributed by atoms with Crippen LogP contribution in [0.5, 0.6) is 5.75 Å². The summed E-state index contributed by atoms with van der Waals surface area (Å²) < 4.78 is 5.65. The summed E-state index contributed by atoms with van der Waals surface area (Å²) in [6.07, 6.45) is 0. The minimum Gasteiger partial charge on any atom is -0.490 e. The van der Waals surface area contributed by atoms with Crippen LogP contribution in [0.4, 0.5) is 11.4 Å². The third-order valence-corrected chi connectivity index (χ3v) is 4.57. The van der Waals surface area contributed by atoms with Crippen molar-refractivity contribution < 1.29 is 14.3 Å². The van der Waals surface area contributed by atoms with Crippen LogP contribution in [0.25, 0.3) is 0 Å². The van der Waals surface area contributed by atoms with Crippen LogP contribution in [0.1, 0.15) is 24.2 Å². The van der Waals surface area contributed by atoms with E-state index >= 15 is 0 Å². The van der Waals surface area contributed by atoms with Gasteiger partial charge < -0.3 is 15.0 Å². The molecule has 0 aliphatic carbocycles. The molecule has 1 heterocycles. The maximum Gasteiger partial charge on any atom is 0.246 e. The number of rotatable bonds is 4. The number of para-hydroxylation sites is 1. The van der Waals surface area contributed by atoms with Crippen LogP contribution in [0.2, 0.25) is 5.02 Å². The Labute approximate surface area is 151 Å². The Bertz CT molecular complexity index is 822. The number of nitrogens with one attached hydrogen (secondary N) is 1. The summed E-state index contributed by atoms with van der Waals surface area (Å²) in [7, 11) is 0. The van der Waals surface area contributed by atoms with Crippen LogP contribution in [-0.4, -0.2) is 30.9 Å². The second kappa shape index (κ2) is 7.15. The molecule has 2 aromatic carbocycles. The maximum absolute atomic E-state index is 12.7. The summed E-state index contributed by atoms with van der Waals surface area (Å²) in [4.78, 5) is 26.3. The second-order valence-corrected chi connectivity index (χ2v) is 6.33. The van der Waals surface area contributed by atoms with Crippen molar-refractivity contribution in [1.82, 2.24) is 0 Å². The molecule has 0 spiro atoms. The lowest BCUT2D eigenvalue weighted by Crippen LogP contribution is -2.46. The molecule has 3 rings (SSSR count). The minimum absolute atomic E-state index is 0.0264. The molecule has 1 atom stereocenters. The number of amides is 1. The largest absolute Gasteiger partial charge is 0.490 e. The number of fused-ring (bicyclic) bond motifs is 1. The van der Waals surface area contributed by atoms with Gasteiger partial charge in [-0.25, -0.2) is 0 Å². The first kappa shape index (κ1) is 17.3. The smallest absolute Gasteiger partial charge is 0.246 e. The summed E-state index contributed by atoms with van der Waals surface area (Å²) in [5, 5.41) is 3.35. The number of Topliss-reactive ketones (excluding diaryl/α,β-unsaturated/α-hetero) is 1. The molecule has 0 bridgehead atoms. The Kier molecular flexibility index (Phi) is 4.95. The van der Waals surface area contributed by atoms with Crippen LogP contribution >= 0.6 is 11.6 Å². The molecular formula is C19H19ClN2O3. The molecule has 1 amide bonds. The number of benzene rings is 2. The summed E-state index contributed by atoms with van der Waals surface area (Å²) in [6.45, 7) is 4.38. The number of hydrogen-bond donors (Lipinski definition) is 1. The molecule has 6 heteroatoms. The van der Waals surface area contributed by atoms with Crippen molar-refractivity contribution >= 4 is 34.7 Å². The van der Waals surface area contributed by atoms with Gasteiger partial charge in [-0.3, -0.25) is 9.59 Å². The summed E-state index contributed by atoms with van der Waals surface area (Å²) >= 11 is 6.11. The Morgan fingerprint density at radius 2 is 2.00 bits per heavy atom. The molecule has 0 saturated heterocycles. The number of ketones is 1. The quantitative estimate of drug-likeness (QED) is 0.845. The van der Waals surface area contributed by atoms with Crippen LogP contribution < -0.4 is 15.0 Å². The van der Waals surface area contributed by atoms with Gasteiger partial charge in [-0.05, 0) is 44.2 Å².